The van der Waals surface area contributed by atoms with Gasteiger partial charge in [-0.25, -0.2) is 4.98 Å². The van der Waals surface area contributed by atoms with Crippen LogP contribution in [0, 0.1) is 6.92 Å². The van der Waals surface area contributed by atoms with Crippen LogP contribution in [-0.2, 0) is 4.79 Å². The molecule has 0 fully saturated rings. The van der Waals surface area contributed by atoms with E-state index in [4.69, 9.17) is 21.3 Å². The molecular weight excluding hydrogens is 418 g/mol. The van der Waals surface area contributed by atoms with E-state index in [0.717, 1.165) is 22.3 Å². The lowest BCUT2D eigenvalue weighted by atomic mass is 10.0. The Morgan fingerprint density at radius 3 is 2.47 bits per heavy atom. The van der Waals surface area contributed by atoms with Crippen molar-refractivity contribution in [3.05, 3.63) is 52.5 Å². The van der Waals surface area contributed by atoms with Crippen LogP contribution in [-0.4, -0.2) is 49.6 Å². The zero-order valence-corrected chi connectivity index (χ0v) is 19.7. The first kappa shape index (κ1) is 22.5. The number of aryl methyl sites for hydroxylation is 1. The van der Waals surface area contributed by atoms with Crippen molar-refractivity contribution in [2.24, 2.45) is 0 Å². The number of rotatable bonds is 8. The quantitative estimate of drug-likeness (QED) is 0.468. The molecule has 2 aromatic carbocycles. The highest BCUT2D eigenvalue weighted by molar-refractivity contribution is 7.22. The molecule has 0 atom stereocenters. The Morgan fingerprint density at radius 1 is 1.13 bits per heavy atom. The van der Waals surface area contributed by atoms with Gasteiger partial charge in [0.1, 0.15) is 5.75 Å². The summed E-state index contributed by atoms with van der Waals surface area (Å²) in [6.45, 7) is 7.47. The highest BCUT2D eigenvalue weighted by atomic mass is 35.5. The number of aromatic nitrogens is 1. The standard InChI is InChI=1S/C23H28ClN3O2S/c1-15(2)17-6-8-18(9-7-17)29-14-21(28)27(13-12-26(4)5)23-25-22-16(3)19(24)10-11-20(22)30-23/h6-11,15H,12-14H2,1-5H3. The summed E-state index contributed by atoms with van der Waals surface area (Å²) in [6, 6.07) is 11.7. The fourth-order valence-electron chi connectivity index (χ4n) is 3.00. The van der Waals surface area contributed by atoms with Gasteiger partial charge in [0.25, 0.3) is 5.91 Å². The zero-order chi connectivity index (χ0) is 21.8. The van der Waals surface area contributed by atoms with E-state index in [0.29, 0.717) is 28.4 Å². The number of hydrogen-bond acceptors (Lipinski definition) is 5. The summed E-state index contributed by atoms with van der Waals surface area (Å²) < 4.78 is 6.79. The van der Waals surface area contributed by atoms with Crippen molar-refractivity contribution in [1.29, 1.82) is 0 Å². The first-order valence-electron chi connectivity index (χ1n) is 9.99. The van der Waals surface area contributed by atoms with Gasteiger partial charge in [0.2, 0.25) is 0 Å². The molecule has 1 amide bonds. The van der Waals surface area contributed by atoms with E-state index in [9.17, 15) is 4.79 Å². The molecule has 0 unspecified atom stereocenters. The average molecular weight is 446 g/mol. The lowest BCUT2D eigenvalue weighted by molar-refractivity contribution is -0.120. The van der Waals surface area contributed by atoms with E-state index in [1.54, 1.807) is 4.90 Å². The molecule has 0 radical (unpaired) electrons. The Labute approximate surface area is 187 Å². The van der Waals surface area contributed by atoms with E-state index in [2.05, 4.69) is 13.8 Å². The van der Waals surface area contributed by atoms with Crippen molar-refractivity contribution in [2.45, 2.75) is 26.7 Å². The van der Waals surface area contributed by atoms with Crippen LogP contribution in [0.25, 0.3) is 10.2 Å². The molecule has 0 aliphatic carbocycles. The third-order valence-electron chi connectivity index (χ3n) is 4.95. The second kappa shape index (κ2) is 9.77. The molecule has 1 heterocycles. The van der Waals surface area contributed by atoms with E-state index in [-0.39, 0.29) is 12.5 Å². The molecule has 3 aromatic rings. The number of fused-ring (bicyclic) bond motifs is 1. The number of hydrogen-bond donors (Lipinski definition) is 0. The van der Waals surface area contributed by atoms with E-state index < -0.39 is 0 Å². The third-order valence-corrected chi connectivity index (χ3v) is 6.40. The van der Waals surface area contributed by atoms with E-state index >= 15 is 0 Å². The highest BCUT2D eigenvalue weighted by Gasteiger charge is 2.21. The maximum absolute atomic E-state index is 13.1. The first-order valence-corrected chi connectivity index (χ1v) is 11.2. The zero-order valence-electron chi connectivity index (χ0n) is 18.1. The molecular formula is C23H28ClN3O2S. The number of likely N-dealkylation sites (N-methyl/N-ethyl adjacent to an activating group) is 1. The van der Waals surface area contributed by atoms with Crippen molar-refractivity contribution < 1.29 is 9.53 Å². The van der Waals surface area contributed by atoms with Crippen LogP contribution in [0.2, 0.25) is 5.02 Å². The third kappa shape index (κ3) is 5.31. The Morgan fingerprint density at radius 2 is 1.83 bits per heavy atom. The summed E-state index contributed by atoms with van der Waals surface area (Å²) in [5.74, 6) is 1.03. The smallest absolute Gasteiger partial charge is 0.266 e. The minimum Gasteiger partial charge on any atom is -0.484 e. The number of carbonyl (C=O) groups excluding carboxylic acids is 1. The van der Waals surface area contributed by atoms with Gasteiger partial charge in [0, 0.05) is 18.1 Å². The SMILES string of the molecule is Cc1c(Cl)ccc2sc(N(CCN(C)C)C(=O)COc3ccc(C(C)C)cc3)nc12. The number of thiazole rings is 1. The maximum atomic E-state index is 13.1. The summed E-state index contributed by atoms with van der Waals surface area (Å²) in [4.78, 5) is 21.5. The van der Waals surface area contributed by atoms with Crippen LogP contribution in [0.5, 0.6) is 5.75 Å². The predicted molar refractivity (Wildman–Crippen MR) is 126 cm³/mol. The van der Waals surface area contributed by atoms with Gasteiger partial charge in [-0.3, -0.25) is 9.69 Å². The molecule has 0 saturated heterocycles. The topological polar surface area (TPSA) is 45.7 Å². The van der Waals surface area contributed by atoms with Crippen molar-refractivity contribution in [3.8, 4) is 5.75 Å². The van der Waals surface area contributed by atoms with Gasteiger partial charge in [-0.1, -0.05) is 48.9 Å². The molecule has 3 rings (SSSR count). The summed E-state index contributed by atoms with van der Waals surface area (Å²) >= 11 is 7.74. The van der Waals surface area contributed by atoms with Crippen LogP contribution >= 0.6 is 22.9 Å². The van der Waals surface area contributed by atoms with Gasteiger partial charge in [0.15, 0.2) is 11.7 Å². The van der Waals surface area contributed by atoms with Gasteiger partial charge in [0.05, 0.1) is 10.2 Å². The van der Waals surface area contributed by atoms with E-state index in [1.807, 2.05) is 62.3 Å². The lowest BCUT2D eigenvalue weighted by Gasteiger charge is -2.22. The summed E-state index contributed by atoms with van der Waals surface area (Å²) in [5, 5.41) is 1.35. The van der Waals surface area contributed by atoms with Crippen molar-refractivity contribution in [2.75, 3.05) is 38.7 Å². The normalized spacial score (nSPS) is 11.5. The molecule has 0 aliphatic heterocycles. The number of ether oxygens (including phenoxy) is 1. The molecule has 5 nitrogen and oxygen atoms in total. The van der Waals surface area contributed by atoms with Gasteiger partial charge in [-0.05, 0) is 62.3 Å². The Balaban J connectivity index is 1.79. The molecule has 0 saturated carbocycles. The van der Waals surface area contributed by atoms with Crippen LogP contribution in [0.3, 0.4) is 0 Å². The monoisotopic (exact) mass is 445 g/mol. The average Bonchev–Trinajstić information content (AvgIpc) is 3.14. The fourth-order valence-corrected chi connectivity index (χ4v) is 4.22. The number of benzene rings is 2. The van der Waals surface area contributed by atoms with Gasteiger partial charge in [-0.15, -0.1) is 0 Å². The Bertz CT molecular complexity index is 1020. The second-order valence-electron chi connectivity index (χ2n) is 7.88. The molecule has 30 heavy (non-hydrogen) atoms. The van der Waals surface area contributed by atoms with Gasteiger partial charge in [-0.2, -0.15) is 0 Å². The summed E-state index contributed by atoms with van der Waals surface area (Å²) in [7, 11) is 3.97. The Kier molecular flexibility index (Phi) is 7.34. The number of amides is 1. The highest BCUT2D eigenvalue weighted by Crippen LogP contribution is 2.33. The van der Waals surface area contributed by atoms with Gasteiger partial charge < -0.3 is 9.64 Å². The predicted octanol–water partition coefficient (Wildman–Crippen LogP) is 5.36. The molecule has 7 heteroatoms. The van der Waals surface area contributed by atoms with Crippen molar-refractivity contribution >= 4 is 44.2 Å². The minimum absolute atomic E-state index is 0.0376. The second-order valence-corrected chi connectivity index (χ2v) is 9.29. The number of carbonyl (C=O) groups is 1. The largest absolute Gasteiger partial charge is 0.484 e. The summed E-state index contributed by atoms with van der Waals surface area (Å²) in [5.41, 5.74) is 3.01. The number of nitrogens with zero attached hydrogens (tertiary/aromatic N) is 3. The molecule has 1 aromatic heterocycles. The van der Waals surface area contributed by atoms with Crippen LogP contribution in [0.15, 0.2) is 36.4 Å². The fraction of sp³-hybridized carbons (Fsp3) is 0.391. The van der Waals surface area contributed by atoms with E-state index in [1.165, 1.54) is 16.9 Å². The molecule has 0 N–H and O–H groups in total. The molecule has 0 aliphatic rings. The number of anilines is 1. The Hall–Kier alpha value is -2.15. The van der Waals surface area contributed by atoms with Gasteiger partial charge >= 0.3 is 0 Å². The maximum Gasteiger partial charge on any atom is 0.266 e. The summed E-state index contributed by atoms with van der Waals surface area (Å²) in [6.07, 6.45) is 0. The first-order chi connectivity index (χ1) is 14.3. The molecule has 0 bridgehead atoms. The number of halogens is 1. The van der Waals surface area contributed by atoms with Crippen molar-refractivity contribution in [1.82, 2.24) is 9.88 Å². The van der Waals surface area contributed by atoms with Crippen LogP contribution in [0.1, 0.15) is 30.9 Å². The van der Waals surface area contributed by atoms with Crippen LogP contribution < -0.4 is 9.64 Å². The molecule has 0 spiro atoms. The van der Waals surface area contributed by atoms with Crippen molar-refractivity contribution in [3.63, 3.8) is 0 Å². The molecule has 160 valence electrons. The van der Waals surface area contributed by atoms with Crippen LogP contribution in [0.4, 0.5) is 5.13 Å². The lowest BCUT2D eigenvalue weighted by Crippen LogP contribution is -2.39. The minimum atomic E-state index is -0.118.